The van der Waals surface area contributed by atoms with Gasteiger partial charge < -0.3 is 9.47 Å². The highest BCUT2D eigenvalue weighted by Crippen LogP contribution is 2.39. The van der Waals surface area contributed by atoms with Crippen molar-refractivity contribution in [2.45, 2.75) is 6.92 Å². The van der Waals surface area contributed by atoms with Gasteiger partial charge in [0.1, 0.15) is 28.9 Å². The SMILES string of the molecule is COc1ccc(C2=C/C(=C(\C#N)C(=O)Nc3nccs3)c3cc(C)ccc3O2)cc1. The summed E-state index contributed by atoms with van der Waals surface area (Å²) in [6.45, 7) is 1.95. The smallest absolute Gasteiger partial charge is 0.268 e. The van der Waals surface area contributed by atoms with E-state index in [2.05, 4.69) is 16.4 Å². The van der Waals surface area contributed by atoms with Crippen LogP contribution in [0.15, 0.2) is 65.7 Å². The highest BCUT2D eigenvalue weighted by Gasteiger charge is 2.24. The van der Waals surface area contributed by atoms with Gasteiger partial charge in [-0.1, -0.05) is 11.6 Å². The van der Waals surface area contributed by atoms with Crippen molar-refractivity contribution in [3.05, 3.63) is 82.4 Å². The number of ether oxygens (including phenoxy) is 2. The second kappa shape index (κ2) is 8.23. The third-order valence-corrected chi connectivity index (χ3v) is 5.24. The Kier molecular flexibility index (Phi) is 5.33. The first kappa shape index (κ1) is 19.4. The molecule has 1 aliphatic heterocycles. The molecule has 6 nitrogen and oxygen atoms in total. The summed E-state index contributed by atoms with van der Waals surface area (Å²) in [6, 6.07) is 15.1. The van der Waals surface area contributed by atoms with Gasteiger partial charge in [0.2, 0.25) is 0 Å². The number of nitrogens with zero attached hydrogens (tertiary/aromatic N) is 2. The van der Waals surface area contributed by atoms with E-state index in [1.165, 1.54) is 11.3 Å². The number of fused-ring (bicyclic) bond motifs is 1. The summed E-state index contributed by atoms with van der Waals surface area (Å²) in [7, 11) is 1.60. The first-order chi connectivity index (χ1) is 14.6. The van der Waals surface area contributed by atoms with Gasteiger partial charge >= 0.3 is 0 Å². The summed E-state index contributed by atoms with van der Waals surface area (Å²) < 4.78 is 11.3. The molecule has 1 N–H and O–H groups in total. The fraction of sp³-hybridized carbons (Fsp3) is 0.0870. The number of hydrogen-bond donors (Lipinski definition) is 1. The number of amides is 1. The number of carbonyl (C=O) groups is 1. The molecule has 1 aliphatic rings. The predicted molar refractivity (Wildman–Crippen MR) is 116 cm³/mol. The van der Waals surface area contributed by atoms with E-state index in [1.54, 1.807) is 24.8 Å². The van der Waals surface area contributed by atoms with Crippen LogP contribution in [-0.2, 0) is 4.79 Å². The van der Waals surface area contributed by atoms with Crippen LogP contribution in [-0.4, -0.2) is 18.0 Å². The Morgan fingerprint density at radius 3 is 2.70 bits per heavy atom. The van der Waals surface area contributed by atoms with Gasteiger partial charge in [-0.25, -0.2) is 4.98 Å². The van der Waals surface area contributed by atoms with Crippen LogP contribution < -0.4 is 14.8 Å². The number of carbonyl (C=O) groups excluding carboxylic acids is 1. The Morgan fingerprint density at radius 1 is 1.23 bits per heavy atom. The number of benzene rings is 2. The number of aryl methyl sites for hydroxylation is 1. The van der Waals surface area contributed by atoms with Crippen LogP contribution in [0.2, 0.25) is 0 Å². The van der Waals surface area contributed by atoms with E-state index in [1.807, 2.05) is 49.4 Å². The summed E-state index contributed by atoms with van der Waals surface area (Å²) in [6.07, 6.45) is 3.32. The van der Waals surface area contributed by atoms with Crippen LogP contribution >= 0.6 is 11.3 Å². The quantitative estimate of drug-likeness (QED) is 0.488. The molecule has 148 valence electrons. The Balaban J connectivity index is 1.83. The van der Waals surface area contributed by atoms with Crippen molar-refractivity contribution in [3.63, 3.8) is 0 Å². The lowest BCUT2D eigenvalue weighted by Crippen LogP contribution is -2.16. The normalized spacial score (nSPS) is 14.0. The largest absolute Gasteiger partial charge is 0.497 e. The lowest BCUT2D eigenvalue weighted by Gasteiger charge is -2.22. The zero-order chi connectivity index (χ0) is 21.1. The molecule has 0 spiro atoms. The number of anilines is 1. The van der Waals surface area contributed by atoms with Gasteiger partial charge in [-0.15, -0.1) is 11.3 Å². The second-order valence-electron chi connectivity index (χ2n) is 6.53. The Labute approximate surface area is 177 Å². The molecule has 0 saturated heterocycles. The van der Waals surface area contributed by atoms with Crippen LogP contribution in [0.4, 0.5) is 5.13 Å². The van der Waals surface area contributed by atoms with Crippen LogP contribution in [0.1, 0.15) is 16.7 Å². The minimum atomic E-state index is -0.512. The van der Waals surface area contributed by atoms with Gasteiger partial charge in [0.25, 0.3) is 5.91 Å². The van der Waals surface area contributed by atoms with Gasteiger partial charge in [0.15, 0.2) is 5.13 Å². The summed E-state index contributed by atoms with van der Waals surface area (Å²) in [5, 5.41) is 14.7. The van der Waals surface area contributed by atoms with E-state index in [0.717, 1.165) is 16.9 Å². The molecular formula is C23H17N3O3S. The molecule has 1 amide bonds. The summed E-state index contributed by atoms with van der Waals surface area (Å²) in [5.41, 5.74) is 2.98. The first-order valence-corrected chi connectivity index (χ1v) is 9.97. The van der Waals surface area contributed by atoms with Crippen molar-refractivity contribution < 1.29 is 14.3 Å². The van der Waals surface area contributed by atoms with E-state index in [-0.39, 0.29) is 5.57 Å². The molecule has 0 saturated carbocycles. The zero-order valence-electron chi connectivity index (χ0n) is 16.3. The highest BCUT2D eigenvalue weighted by molar-refractivity contribution is 7.13. The molecule has 0 fully saturated rings. The average Bonchev–Trinajstić information content (AvgIpc) is 3.27. The van der Waals surface area contributed by atoms with Crippen molar-refractivity contribution in [2.75, 3.05) is 12.4 Å². The van der Waals surface area contributed by atoms with E-state index >= 15 is 0 Å². The monoisotopic (exact) mass is 415 g/mol. The third-order valence-electron chi connectivity index (χ3n) is 4.56. The number of allylic oxidation sites excluding steroid dienone is 2. The molecule has 3 aromatic rings. The van der Waals surface area contributed by atoms with Gasteiger partial charge in [-0.05, 0) is 49.4 Å². The van der Waals surface area contributed by atoms with Crippen molar-refractivity contribution in [2.24, 2.45) is 0 Å². The highest BCUT2D eigenvalue weighted by atomic mass is 32.1. The third kappa shape index (κ3) is 3.81. The summed E-state index contributed by atoms with van der Waals surface area (Å²) in [5.74, 6) is 1.34. The fourth-order valence-corrected chi connectivity index (χ4v) is 3.61. The van der Waals surface area contributed by atoms with Crippen molar-refractivity contribution >= 4 is 33.7 Å². The molecule has 2 aromatic carbocycles. The van der Waals surface area contributed by atoms with E-state index < -0.39 is 5.91 Å². The molecule has 0 bridgehead atoms. The first-order valence-electron chi connectivity index (χ1n) is 9.09. The standard InChI is InChI=1S/C23H17N3O3S/c1-14-3-8-20-18(11-14)17(19(13-24)22(27)26-23-25-9-10-30-23)12-21(29-20)15-4-6-16(28-2)7-5-15/h3-12H,1-2H3,(H,25,26,27)/b19-17-. The average molecular weight is 415 g/mol. The van der Waals surface area contributed by atoms with E-state index in [4.69, 9.17) is 9.47 Å². The molecule has 0 atom stereocenters. The molecule has 0 unspecified atom stereocenters. The van der Waals surface area contributed by atoms with Crippen molar-refractivity contribution in [1.82, 2.24) is 4.98 Å². The Morgan fingerprint density at radius 2 is 2.03 bits per heavy atom. The van der Waals surface area contributed by atoms with Crippen LogP contribution in [0.3, 0.4) is 0 Å². The molecule has 4 rings (SSSR count). The number of methoxy groups -OCH3 is 1. The molecule has 1 aromatic heterocycles. The van der Waals surface area contributed by atoms with Crippen molar-refractivity contribution in [3.8, 4) is 17.6 Å². The zero-order valence-corrected chi connectivity index (χ0v) is 17.1. The second-order valence-corrected chi connectivity index (χ2v) is 7.43. The summed E-state index contributed by atoms with van der Waals surface area (Å²) >= 11 is 1.29. The minimum Gasteiger partial charge on any atom is -0.497 e. The van der Waals surface area contributed by atoms with E-state index in [9.17, 15) is 10.1 Å². The van der Waals surface area contributed by atoms with Crippen LogP contribution in [0, 0.1) is 18.3 Å². The van der Waals surface area contributed by atoms with Gasteiger partial charge in [0.05, 0.1) is 7.11 Å². The Bertz CT molecular complexity index is 1200. The minimum absolute atomic E-state index is 0.00800. The fourth-order valence-electron chi connectivity index (χ4n) is 3.08. The lowest BCUT2D eigenvalue weighted by molar-refractivity contribution is -0.112. The topological polar surface area (TPSA) is 84.2 Å². The number of rotatable bonds is 4. The number of nitrogens with one attached hydrogen (secondary N) is 1. The van der Waals surface area contributed by atoms with Crippen molar-refractivity contribution in [1.29, 1.82) is 5.26 Å². The maximum absolute atomic E-state index is 12.9. The maximum atomic E-state index is 12.9. The molecule has 2 heterocycles. The summed E-state index contributed by atoms with van der Waals surface area (Å²) in [4.78, 5) is 16.9. The number of nitriles is 1. The molecule has 0 aliphatic carbocycles. The lowest BCUT2D eigenvalue weighted by atomic mass is 9.94. The van der Waals surface area contributed by atoms with Gasteiger partial charge in [-0.3, -0.25) is 10.1 Å². The van der Waals surface area contributed by atoms with Crippen LogP contribution in [0.25, 0.3) is 11.3 Å². The van der Waals surface area contributed by atoms with Crippen LogP contribution in [0.5, 0.6) is 11.5 Å². The number of aromatic nitrogens is 1. The molecule has 0 radical (unpaired) electrons. The molecular weight excluding hydrogens is 398 g/mol. The number of hydrogen-bond acceptors (Lipinski definition) is 6. The molecule has 30 heavy (non-hydrogen) atoms. The maximum Gasteiger partial charge on any atom is 0.268 e. The predicted octanol–water partition coefficient (Wildman–Crippen LogP) is 4.81. The number of thiazole rings is 1. The Hall–Kier alpha value is -3.89. The van der Waals surface area contributed by atoms with E-state index in [0.29, 0.717) is 27.8 Å². The van der Waals surface area contributed by atoms with Gasteiger partial charge in [0, 0.05) is 28.3 Å². The molecule has 7 heteroatoms. The van der Waals surface area contributed by atoms with Gasteiger partial charge in [-0.2, -0.15) is 5.26 Å².